The Balaban J connectivity index is 2.18. The van der Waals surface area contributed by atoms with E-state index in [1.807, 2.05) is 30.3 Å². The summed E-state index contributed by atoms with van der Waals surface area (Å²) in [5.41, 5.74) is 1.98. The lowest BCUT2D eigenvalue weighted by Crippen LogP contribution is -1.89. The lowest BCUT2D eigenvalue weighted by molar-refractivity contribution is 0.781. The number of nitrogens with zero attached hydrogens (tertiary/aromatic N) is 3. The SMILES string of the molecule is CC(C)c1nc(-c2cccc3ncccc23)n[nH]1. The molecule has 0 aliphatic carbocycles. The molecule has 0 bridgehead atoms. The third kappa shape index (κ3) is 1.76. The molecule has 2 heterocycles. The number of benzene rings is 1. The van der Waals surface area contributed by atoms with Crippen molar-refractivity contribution in [1.82, 2.24) is 20.2 Å². The monoisotopic (exact) mass is 238 g/mol. The van der Waals surface area contributed by atoms with Crippen molar-refractivity contribution in [1.29, 1.82) is 0 Å². The fourth-order valence-corrected chi connectivity index (χ4v) is 1.95. The Morgan fingerprint density at radius 1 is 1.11 bits per heavy atom. The highest BCUT2D eigenvalue weighted by Crippen LogP contribution is 2.25. The highest BCUT2D eigenvalue weighted by molar-refractivity contribution is 5.92. The van der Waals surface area contributed by atoms with Crippen LogP contribution in [0.2, 0.25) is 0 Å². The van der Waals surface area contributed by atoms with Crippen molar-refractivity contribution >= 4 is 10.9 Å². The lowest BCUT2D eigenvalue weighted by Gasteiger charge is -2.01. The van der Waals surface area contributed by atoms with E-state index in [2.05, 4.69) is 34.0 Å². The number of H-pyrrole nitrogens is 1. The van der Waals surface area contributed by atoms with Crippen molar-refractivity contribution in [3.8, 4) is 11.4 Å². The van der Waals surface area contributed by atoms with Crippen LogP contribution in [0.3, 0.4) is 0 Å². The van der Waals surface area contributed by atoms with Gasteiger partial charge in [0.25, 0.3) is 0 Å². The van der Waals surface area contributed by atoms with E-state index in [-0.39, 0.29) is 0 Å². The van der Waals surface area contributed by atoms with E-state index in [0.29, 0.717) is 5.92 Å². The Morgan fingerprint density at radius 3 is 2.78 bits per heavy atom. The predicted molar refractivity (Wildman–Crippen MR) is 71.2 cm³/mol. The normalized spacial score (nSPS) is 11.3. The number of hydrogen-bond acceptors (Lipinski definition) is 3. The van der Waals surface area contributed by atoms with Crippen molar-refractivity contribution in [2.75, 3.05) is 0 Å². The van der Waals surface area contributed by atoms with Gasteiger partial charge in [-0.15, -0.1) is 0 Å². The topological polar surface area (TPSA) is 54.5 Å². The zero-order valence-electron chi connectivity index (χ0n) is 10.4. The molecule has 0 radical (unpaired) electrons. The average Bonchev–Trinajstić information content (AvgIpc) is 2.87. The summed E-state index contributed by atoms with van der Waals surface area (Å²) in [6, 6.07) is 9.98. The molecule has 0 spiro atoms. The van der Waals surface area contributed by atoms with Gasteiger partial charge in [0.05, 0.1) is 5.52 Å². The smallest absolute Gasteiger partial charge is 0.181 e. The third-order valence-corrected chi connectivity index (χ3v) is 2.94. The number of aromatic amines is 1. The Kier molecular flexibility index (Phi) is 2.55. The minimum absolute atomic E-state index is 0.347. The fraction of sp³-hybridized carbons (Fsp3) is 0.214. The summed E-state index contributed by atoms with van der Waals surface area (Å²) in [5.74, 6) is 1.99. The molecular weight excluding hydrogens is 224 g/mol. The van der Waals surface area contributed by atoms with Gasteiger partial charge in [0, 0.05) is 23.1 Å². The van der Waals surface area contributed by atoms with Gasteiger partial charge >= 0.3 is 0 Å². The minimum atomic E-state index is 0.347. The number of rotatable bonds is 2. The van der Waals surface area contributed by atoms with Crippen molar-refractivity contribution in [2.24, 2.45) is 0 Å². The summed E-state index contributed by atoms with van der Waals surface area (Å²) in [7, 11) is 0. The molecule has 90 valence electrons. The summed E-state index contributed by atoms with van der Waals surface area (Å²) in [6.07, 6.45) is 1.80. The van der Waals surface area contributed by atoms with E-state index in [1.54, 1.807) is 6.20 Å². The van der Waals surface area contributed by atoms with Gasteiger partial charge in [0.1, 0.15) is 5.82 Å². The molecule has 3 rings (SSSR count). The molecule has 0 aliphatic rings. The summed E-state index contributed by atoms with van der Waals surface area (Å²) in [5, 5.41) is 8.36. The van der Waals surface area contributed by atoms with Crippen LogP contribution in [0.4, 0.5) is 0 Å². The van der Waals surface area contributed by atoms with Crippen LogP contribution < -0.4 is 0 Å². The fourth-order valence-electron chi connectivity index (χ4n) is 1.95. The number of aromatic nitrogens is 4. The molecule has 1 N–H and O–H groups in total. The summed E-state index contributed by atoms with van der Waals surface area (Å²) >= 11 is 0. The van der Waals surface area contributed by atoms with Gasteiger partial charge in [0.2, 0.25) is 0 Å². The van der Waals surface area contributed by atoms with Crippen LogP contribution in [-0.4, -0.2) is 20.2 Å². The summed E-state index contributed by atoms with van der Waals surface area (Å²) < 4.78 is 0. The second-order valence-electron chi connectivity index (χ2n) is 4.57. The number of fused-ring (bicyclic) bond motifs is 1. The van der Waals surface area contributed by atoms with E-state index in [0.717, 1.165) is 28.1 Å². The minimum Gasteiger partial charge on any atom is -0.262 e. The molecule has 0 fully saturated rings. The Labute approximate surface area is 105 Å². The molecule has 4 heteroatoms. The molecule has 3 aromatic rings. The molecular formula is C14H14N4. The lowest BCUT2D eigenvalue weighted by atomic mass is 10.1. The Hall–Kier alpha value is -2.23. The second kappa shape index (κ2) is 4.22. The van der Waals surface area contributed by atoms with Gasteiger partial charge in [0.15, 0.2) is 5.82 Å². The van der Waals surface area contributed by atoms with Crippen molar-refractivity contribution in [3.63, 3.8) is 0 Å². The third-order valence-electron chi connectivity index (χ3n) is 2.94. The van der Waals surface area contributed by atoms with Gasteiger partial charge in [-0.1, -0.05) is 32.0 Å². The molecule has 0 saturated heterocycles. The molecule has 18 heavy (non-hydrogen) atoms. The van der Waals surface area contributed by atoms with Gasteiger partial charge in [-0.3, -0.25) is 10.1 Å². The van der Waals surface area contributed by atoms with Crippen LogP contribution in [-0.2, 0) is 0 Å². The molecule has 2 aromatic heterocycles. The summed E-state index contributed by atoms with van der Waals surface area (Å²) in [4.78, 5) is 8.88. The summed E-state index contributed by atoms with van der Waals surface area (Å²) in [6.45, 7) is 4.18. The predicted octanol–water partition coefficient (Wildman–Crippen LogP) is 3.14. The van der Waals surface area contributed by atoms with E-state index < -0.39 is 0 Å². The largest absolute Gasteiger partial charge is 0.262 e. The average molecular weight is 238 g/mol. The van der Waals surface area contributed by atoms with Crippen LogP contribution in [0.5, 0.6) is 0 Å². The quantitative estimate of drug-likeness (QED) is 0.746. The van der Waals surface area contributed by atoms with Crippen molar-refractivity contribution in [3.05, 3.63) is 42.4 Å². The van der Waals surface area contributed by atoms with Gasteiger partial charge in [-0.05, 0) is 12.1 Å². The molecule has 0 unspecified atom stereocenters. The Morgan fingerprint density at radius 2 is 2.00 bits per heavy atom. The highest BCUT2D eigenvalue weighted by Gasteiger charge is 2.11. The Bertz CT molecular complexity index is 680. The zero-order chi connectivity index (χ0) is 12.5. The first kappa shape index (κ1) is 10.9. The van der Waals surface area contributed by atoms with E-state index in [9.17, 15) is 0 Å². The van der Waals surface area contributed by atoms with E-state index >= 15 is 0 Å². The molecule has 0 atom stereocenters. The van der Waals surface area contributed by atoms with E-state index in [1.165, 1.54) is 0 Å². The van der Waals surface area contributed by atoms with E-state index in [4.69, 9.17) is 0 Å². The maximum atomic E-state index is 4.54. The van der Waals surface area contributed by atoms with Crippen LogP contribution >= 0.6 is 0 Å². The van der Waals surface area contributed by atoms with Crippen LogP contribution in [0, 0.1) is 0 Å². The first-order valence-electron chi connectivity index (χ1n) is 6.02. The molecule has 0 amide bonds. The van der Waals surface area contributed by atoms with Crippen LogP contribution in [0.15, 0.2) is 36.5 Å². The van der Waals surface area contributed by atoms with Crippen molar-refractivity contribution in [2.45, 2.75) is 19.8 Å². The molecule has 4 nitrogen and oxygen atoms in total. The van der Waals surface area contributed by atoms with Crippen molar-refractivity contribution < 1.29 is 0 Å². The maximum absolute atomic E-state index is 4.54. The first-order chi connectivity index (χ1) is 8.75. The number of pyridine rings is 1. The van der Waals surface area contributed by atoms with Gasteiger partial charge in [-0.2, -0.15) is 5.10 Å². The second-order valence-corrected chi connectivity index (χ2v) is 4.57. The first-order valence-corrected chi connectivity index (χ1v) is 6.02. The number of nitrogens with one attached hydrogen (secondary N) is 1. The molecule has 1 aromatic carbocycles. The highest BCUT2D eigenvalue weighted by atomic mass is 15.2. The zero-order valence-corrected chi connectivity index (χ0v) is 10.4. The maximum Gasteiger partial charge on any atom is 0.181 e. The standard InChI is InChI=1S/C14H14N4/c1-9(2)13-16-14(18-17-13)11-5-3-7-12-10(11)6-4-8-15-12/h3-9H,1-2H3,(H,16,17,18). The molecule has 0 aliphatic heterocycles. The molecule has 0 saturated carbocycles. The number of hydrogen-bond donors (Lipinski definition) is 1. The van der Waals surface area contributed by atoms with Crippen LogP contribution in [0.25, 0.3) is 22.3 Å². The van der Waals surface area contributed by atoms with Gasteiger partial charge in [-0.25, -0.2) is 4.98 Å². The van der Waals surface area contributed by atoms with Gasteiger partial charge < -0.3 is 0 Å². The van der Waals surface area contributed by atoms with Crippen LogP contribution in [0.1, 0.15) is 25.6 Å².